The van der Waals surface area contributed by atoms with Gasteiger partial charge in [0.25, 0.3) is 0 Å². The smallest absolute Gasteiger partial charge is 0.411 e. The van der Waals surface area contributed by atoms with Gasteiger partial charge < -0.3 is 19.5 Å². The van der Waals surface area contributed by atoms with Crippen molar-refractivity contribution in [1.82, 2.24) is 4.90 Å². The van der Waals surface area contributed by atoms with Gasteiger partial charge in [0, 0.05) is 38.4 Å². The predicted octanol–water partition coefficient (Wildman–Crippen LogP) is 2.96. The lowest BCUT2D eigenvalue weighted by atomic mass is 10.2. The zero-order chi connectivity index (χ0) is 21.3. The van der Waals surface area contributed by atoms with Gasteiger partial charge in [-0.15, -0.1) is 0 Å². The van der Waals surface area contributed by atoms with E-state index < -0.39 is 12.2 Å². The summed E-state index contributed by atoms with van der Waals surface area (Å²) in [5.74, 6) is 0.322. The van der Waals surface area contributed by atoms with Crippen molar-refractivity contribution in [3.8, 4) is 5.75 Å². The van der Waals surface area contributed by atoms with E-state index in [9.17, 15) is 14.3 Å². The molecule has 2 aromatic rings. The molecule has 1 aliphatic rings. The van der Waals surface area contributed by atoms with Gasteiger partial charge in [-0.2, -0.15) is 0 Å². The van der Waals surface area contributed by atoms with E-state index in [0.717, 1.165) is 31.9 Å². The van der Waals surface area contributed by atoms with Crippen molar-refractivity contribution in [3.63, 3.8) is 0 Å². The summed E-state index contributed by atoms with van der Waals surface area (Å²) < 4.78 is 23.7. The molecule has 1 atom stereocenters. The number of β-amino-alcohol motifs (C(OH)–C–C–N with tert-alkyl or cyclic N) is 1. The van der Waals surface area contributed by atoms with Crippen LogP contribution in [-0.2, 0) is 4.74 Å². The molecule has 8 heteroatoms. The van der Waals surface area contributed by atoms with Crippen LogP contribution in [0.5, 0.6) is 5.75 Å². The molecule has 0 aromatic heterocycles. The zero-order valence-electron chi connectivity index (χ0n) is 17.1. The lowest BCUT2D eigenvalue weighted by molar-refractivity contribution is 0.0469. The molecule has 0 saturated carbocycles. The van der Waals surface area contributed by atoms with E-state index in [2.05, 4.69) is 15.1 Å². The number of amides is 1. The van der Waals surface area contributed by atoms with Crippen molar-refractivity contribution in [3.05, 3.63) is 54.3 Å². The fourth-order valence-corrected chi connectivity index (χ4v) is 3.36. The fourth-order valence-electron chi connectivity index (χ4n) is 3.36. The van der Waals surface area contributed by atoms with Crippen molar-refractivity contribution in [2.24, 2.45) is 0 Å². The van der Waals surface area contributed by atoms with E-state index in [4.69, 9.17) is 9.47 Å². The molecule has 2 aromatic carbocycles. The minimum Gasteiger partial charge on any atom is -0.492 e. The second-order valence-electron chi connectivity index (χ2n) is 7.07. The van der Waals surface area contributed by atoms with E-state index in [-0.39, 0.29) is 12.4 Å². The number of para-hydroxylation sites is 2. The number of aliphatic hydroxyl groups is 1. The summed E-state index contributed by atoms with van der Waals surface area (Å²) in [6.45, 7) is 5.78. The molecule has 1 saturated heterocycles. The number of carbonyl (C=O) groups excluding carboxylic acids is 1. The average molecular weight is 417 g/mol. The molecule has 1 heterocycles. The lowest BCUT2D eigenvalue weighted by Crippen LogP contribution is -2.49. The minimum absolute atomic E-state index is 0.0964. The Labute approximate surface area is 176 Å². The first-order valence-electron chi connectivity index (χ1n) is 10.1. The summed E-state index contributed by atoms with van der Waals surface area (Å²) in [4.78, 5) is 16.3. The Bertz CT molecular complexity index is 810. The van der Waals surface area contributed by atoms with Gasteiger partial charge in [0.2, 0.25) is 0 Å². The topological polar surface area (TPSA) is 74.3 Å². The first-order chi connectivity index (χ1) is 14.5. The Morgan fingerprint density at radius 1 is 1.13 bits per heavy atom. The van der Waals surface area contributed by atoms with Crippen molar-refractivity contribution in [1.29, 1.82) is 0 Å². The number of hydrogen-bond donors (Lipinski definition) is 2. The Balaban J connectivity index is 1.38. The summed E-state index contributed by atoms with van der Waals surface area (Å²) >= 11 is 0. The number of halogens is 1. The molecule has 0 spiro atoms. The van der Waals surface area contributed by atoms with E-state index in [1.54, 1.807) is 30.3 Å². The van der Waals surface area contributed by atoms with Gasteiger partial charge in [-0.25, -0.2) is 9.18 Å². The van der Waals surface area contributed by atoms with Crippen LogP contribution < -0.4 is 15.0 Å². The summed E-state index contributed by atoms with van der Waals surface area (Å²) in [5, 5.41) is 12.9. The number of benzene rings is 2. The largest absolute Gasteiger partial charge is 0.492 e. The molecule has 0 aliphatic carbocycles. The molecule has 7 nitrogen and oxygen atoms in total. The highest BCUT2D eigenvalue weighted by Crippen LogP contribution is 2.23. The van der Waals surface area contributed by atoms with Crippen LogP contribution in [0.1, 0.15) is 6.92 Å². The van der Waals surface area contributed by atoms with E-state index in [1.807, 2.05) is 13.0 Å². The third-order valence-electron chi connectivity index (χ3n) is 4.86. The molecule has 1 unspecified atom stereocenters. The lowest BCUT2D eigenvalue weighted by Gasteiger charge is -2.36. The first kappa shape index (κ1) is 21.9. The fraction of sp³-hybridized carbons (Fsp3) is 0.409. The third kappa shape index (κ3) is 6.33. The second kappa shape index (κ2) is 10.8. The zero-order valence-corrected chi connectivity index (χ0v) is 17.1. The number of nitrogens with one attached hydrogen (secondary N) is 1. The number of piperazine rings is 1. The predicted molar refractivity (Wildman–Crippen MR) is 114 cm³/mol. The molecule has 2 N–H and O–H groups in total. The van der Waals surface area contributed by atoms with Gasteiger partial charge in [0.05, 0.1) is 12.3 Å². The highest BCUT2D eigenvalue weighted by molar-refractivity contribution is 5.86. The van der Waals surface area contributed by atoms with Crippen LogP contribution in [0.2, 0.25) is 0 Å². The Kier molecular flexibility index (Phi) is 7.87. The highest BCUT2D eigenvalue weighted by atomic mass is 19.1. The number of aliphatic hydroxyl groups excluding tert-OH is 1. The summed E-state index contributed by atoms with van der Waals surface area (Å²) in [6, 6.07) is 13.6. The van der Waals surface area contributed by atoms with Gasteiger partial charge in [-0.1, -0.05) is 12.1 Å². The Morgan fingerprint density at radius 3 is 2.53 bits per heavy atom. The second-order valence-corrected chi connectivity index (χ2v) is 7.07. The Morgan fingerprint density at radius 2 is 1.83 bits per heavy atom. The van der Waals surface area contributed by atoms with E-state index in [0.29, 0.717) is 24.6 Å². The maximum atomic E-state index is 13.1. The molecule has 1 amide bonds. The van der Waals surface area contributed by atoms with Crippen molar-refractivity contribution in [2.45, 2.75) is 13.0 Å². The van der Waals surface area contributed by atoms with E-state index >= 15 is 0 Å². The molecular weight excluding hydrogens is 389 g/mol. The van der Waals surface area contributed by atoms with Gasteiger partial charge in [0.1, 0.15) is 24.3 Å². The number of hydrogen-bond acceptors (Lipinski definition) is 6. The molecule has 1 fully saturated rings. The number of ether oxygens (including phenoxy) is 2. The van der Waals surface area contributed by atoms with Crippen LogP contribution >= 0.6 is 0 Å². The molecule has 0 bridgehead atoms. The standard InChI is InChI=1S/C22H28FN3O4/c1-2-29-21-6-4-3-5-20(21)24-22(28)30-16-19(27)15-25-11-13-26(14-12-25)18-9-7-17(23)8-10-18/h3-10,19,27H,2,11-16H2,1H3,(H,24,28). The molecular formula is C22H28FN3O4. The summed E-state index contributed by atoms with van der Waals surface area (Å²) in [6.07, 6.45) is -1.42. The first-order valence-corrected chi connectivity index (χ1v) is 10.1. The van der Waals surface area contributed by atoms with Crippen LogP contribution in [0.15, 0.2) is 48.5 Å². The quantitative estimate of drug-likeness (QED) is 0.688. The van der Waals surface area contributed by atoms with Gasteiger partial charge >= 0.3 is 6.09 Å². The average Bonchev–Trinajstić information content (AvgIpc) is 2.75. The number of carbonyl (C=O) groups is 1. The highest BCUT2D eigenvalue weighted by Gasteiger charge is 2.20. The molecule has 1 aliphatic heterocycles. The monoisotopic (exact) mass is 417 g/mol. The number of anilines is 2. The Hall–Kier alpha value is -2.84. The van der Waals surface area contributed by atoms with E-state index in [1.165, 1.54) is 12.1 Å². The maximum absolute atomic E-state index is 13.1. The van der Waals surface area contributed by atoms with Crippen LogP contribution in [0.3, 0.4) is 0 Å². The van der Waals surface area contributed by atoms with Gasteiger partial charge in [-0.05, 0) is 43.3 Å². The maximum Gasteiger partial charge on any atom is 0.411 e. The van der Waals surface area contributed by atoms with Crippen molar-refractivity contribution in [2.75, 3.05) is 56.2 Å². The molecule has 0 radical (unpaired) electrons. The van der Waals surface area contributed by atoms with Crippen LogP contribution in [0, 0.1) is 5.82 Å². The van der Waals surface area contributed by atoms with Crippen LogP contribution in [-0.4, -0.2) is 68.1 Å². The molecule has 30 heavy (non-hydrogen) atoms. The molecule has 162 valence electrons. The van der Waals surface area contributed by atoms with Crippen LogP contribution in [0.4, 0.5) is 20.6 Å². The summed E-state index contributed by atoms with van der Waals surface area (Å²) in [5.41, 5.74) is 1.51. The van der Waals surface area contributed by atoms with Crippen molar-refractivity contribution >= 4 is 17.5 Å². The normalized spacial score (nSPS) is 15.5. The van der Waals surface area contributed by atoms with Crippen LogP contribution in [0.25, 0.3) is 0 Å². The molecule has 3 rings (SSSR count). The van der Waals surface area contributed by atoms with Gasteiger partial charge in [0.15, 0.2) is 0 Å². The number of rotatable bonds is 8. The minimum atomic E-state index is -0.782. The third-order valence-corrected chi connectivity index (χ3v) is 4.86. The van der Waals surface area contributed by atoms with Crippen molar-refractivity contribution < 1.29 is 23.8 Å². The van der Waals surface area contributed by atoms with Gasteiger partial charge in [-0.3, -0.25) is 10.2 Å². The SMILES string of the molecule is CCOc1ccccc1NC(=O)OCC(O)CN1CCN(c2ccc(F)cc2)CC1. The number of nitrogens with zero attached hydrogens (tertiary/aromatic N) is 2. The summed E-state index contributed by atoms with van der Waals surface area (Å²) in [7, 11) is 0.